The van der Waals surface area contributed by atoms with E-state index in [9.17, 15) is 5.11 Å². The number of methoxy groups -OCH3 is 1. The van der Waals surface area contributed by atoms with Crippen LogP contribution in [0.15, 0.2) is 18.2 Å². The summed E-state index contributed by atoms with van der Waals surface area (Å²) in [5, 5.41) is 17.9. The summed E-state index contributed by atoms with van der Waals surface area (Å²) in [7, 11) is 1.48. The van der Waals surface area contributed by atoms with Crippen LogP contribution < -0.4 is 0 Å². The van der Waals surface area contributed by atoms with Crippen LogP contribution in [-0.2, 0) is 4.74 Å². The van der Waals surface area contributed by atoms with Gasteiger partial charge in [0, 0.05) is 7.11 Å². The number of nitriles is 1. The van der Waals surface area contributed by atoms with Crippen molar-refractivity contribution in [3.8, 4) is 11.8 Å². The van der Waals surface area contributed by atoms with Gasteiger partial charge in [0.05, 0.1) is 6.07 Å². The van der Waals surface area contributed by atoms with E-state index >= 15 is 0 Å². The second-order valence-electron chi connectivity index (χ2n) is 2.79. The molecular weight excluding hydrogens is 166 g/mol. The van der Waals surface area contributed by atoms with Gasteiger partial charge in [0.1, 0.15) is 5.75 Å². The van der Waals surface area contributed by atoms with Gasteiger partial charge in [-0.3, -0.25) is 0 Å². The molecule has 0 heterocycles. The third kappa shape index (κ3) is 1.98. The van der Waals surface area contributed by atoms with Crippen LogP contribution >= 0.6 is 0 Å². The predicted octanol–water partition coefficient (Wildman–Crippen LogP) is 1.91. The van der Waals surface area contributed by atoms with Crippen molar-refractivity contribution >= 4 is 0 Å². The van der Waals surface area contributed by atoms with E-state index in [2.05, 4.69) is 0 Å². The third-order valence-corrected chi connectivity index (χ3v) is 1.88. The lowest BCUT2D eigenvalue weighted by Gasteiger charge is -2.08. The molecule has 1 aromatic rings. The fourth-order valence-corrected chi connectivity index (χ4v) is 1.11. The average molecular weight is 177 g/mol. The highest BCUT2D eigenvalue weighted by Crippen LogP contribution is 2.22. The van der Waals surface area contributed by atoms with Gasteiger partial charge >= 0.3 is 0 Å². The summed E-state index contributed by atoms with van der Waals surface area (Å²) in [6.45, 7) is 1.78. The number of hydrogen-bond acceptors (Lipinski definition) is 3. The van der Waals surface area contributed by atoms with E-state index in [1.165, 1.54) is 7.11 Å². The Labute approximate surface area is 77.2 Å². The molecule has 1 N–H and O–H groups in total. The Balaban J connectivity index is 3.04. The molecule has 13 heavy (non-hydrogen) atoms. The molecule has 0 aliphatic heterocycles. The molecule has 3 nitrogen and oxygen atoms in total. The van der Waals surface area contributed by atoms with E-state index in [0.717, 1.165) is 11.1 Å². The second kappa shape index (κ2) is 3.92. The summed E-state index contributed by atoms with van der Waals surface area (Å²) in [5.41, 5.74) is 1.51. The van der Waals surface area contributed by atoms with Gasteiger partial charge in [-0.15, -0.1) is 0 Å². The van der Waals surface area contributed by atoms with Gasteiger partial charge in [0.15, 0.2) is 6.10 Å². The number of aryl methyl sites for hydroxylation is 1. The van der Waals surface area contributed by atoms with Crippen molar-refractivity contribution in [2.75, 3.05) is 7.11 Å². The number of aromatic hydroxyl groups is 1. The summed E-state index contributed by atoms with van der Waals surface area (Å²) in [4.78, 5) is 0. The first-order valence-electron chi connectivity index (χ1n) is 3.91. The maximum Gasteiger partial charge on any atom is 0.168 e. The van der Waals surface area contributed by atoms with Gasteiger partial charge < -0.3 is 9.84 Å². The van der Waals surface area contributed by atoms with Gasteiger partial charge in [0.25, 0.3) is 0 Å². The van der Waals surface area contributed by atoms with Gasteiger partial charge in [0.2, 0.25) is 0 Å². The standard InChI is InChI=1S/C10H11NO2/c1-7-5-8(3-4-9(7)12)10(6-11)13-2/h3-5,10,12H,1-2H3. The molecule has 0 saturated heterocycles. The molecule has 0 aromatic heterocycles. The van der Waals surface area contributed by atoms with Crippen LogP contribution in [0.1, 0.15) is 17.2 Å². The summed E-state index contributed by atoms with van der Waals surface area (Å²) < 4.78 is 4.94. The Bertz CT molecular complexity index is 341. The highest BCUT2D eigenvalue weighted by atomic mass is 16.5. The minimum absolute atomic E-state index is 0.233. The Morgan fingerprint density at radius 2 is 2.23 bits per heavy atom. The van der Waals surface area contributed by atoms with Crippen molar-refractivity contribution in [2.24, 2.45) is 0 Å². The smallest absolute Gasteiger partial charge is 0.168 e. The van der Waals surface area contributed by atoms with Gasteiger partial charge in [-0.1, -0.05) is 6.07 Å². The monoisotopic (exact) mass is 177 g/mol. The van der Waals surface area contributed by atoms with E-state index in [1.54, 1.807) is 25.1 Å². The van der Waals surface area contributed by atoms with E-state index in [4.69, 9.17) is 10.00 Å². The normalized spacial score (nSPS) is 12.1. The maximum absolute atomic E-state index is 9.25. The van der Waals surface area contributed by atoms with Crippen LogP contribution in [0.3, 0.4) is 0 Å². The van der Waals surface area contributed by atoms with Crippen molar-refractivity contribution in [3.63, 3.8) is 0 Å². The van der Waals surface area contributed by atoms with Gasteiger partial charge in [-0.25, -0.2) is 0 Å². The average Bonchev–Trinajstić information content (AvgIpc) is 2.13. The topological polar surface area (TPSA) is 53.2 Å². The van der Waals surface area contributed by atoms with Crippen molar-refractivity contribution in [3.05, 3.63) is 29.3 Å². The number of benzene rings is 1. The fraction of sp³-hybridized carbons (Fsp3) is 0.300. The molecule has 0 saturated carbocycles. The molecule has 0 spiro atoms. The zero-order valence-corrected chi connectivity index (χ0v) is 7.61. The quantitative estimate of drug-likeness (QED) is 0.750. The molecule has 0 fully saturated rings. The molecule has 0 aliphatic carbocycles. The minimum Gasteiger partial charge on any atom is -0.508 e. The van der Waals surface area contributed by atoms with E-state index in [-0.39, 0.29) is 5.75 Å². The first-order valence-corrected chi connectivity index (χ1v) is 3.91. The number of rotatable bonds is 2. The summed E-state index contributed by atoms with van der Waals surface area (Å²) >= 11 is 0. The second-order valence-corrected chi connectivity index (χ2v) is 2.79. The molecule has 1 aromatic carbocycles. The largest absolute Gasteiger partial charge is 0.508 e. The van der Waals surface area contributed by atoms with Crippen LogP contribution in [0.4, 0.5) is 0 Å². The van der Waals surface area contributed by atoms with E-state index < -0.39 is 6.10 Å². The Morgan fingerprint density at radius 3 is 2.69 bits per heavy atom. The zero-order valence-electron chi connectivity index (χ0n) is 7.61. The van der Waals surface area contributed by atoms with Gasteiger partial charge in [-0.2, -0.15) is 5.26 Å². The molecular formula is C10H11NO2. The molecule has 0 bridgehead atoms. The zero-order chi connectivity index (χ0) is 9.84. The number of hydrogen-bond donors (Lipinski definition) is 1. The maximum atomic E-state index is 9.25. The van der Waals surface area contributed by atoms with Crippen LogP contribution in [0.25, 0.3) is 0 Å². The number of phenols is 1. The Hall–Kier alpha value is -1.53. The molecule has 1 rings (SSSR count). The SMILES string of the molecule is COC(C#N)c1ccc(O)c(C)c1. The Morgan fingerprint density at radius 1 is 1.54 bits per heavy atom. The lowest BCUT2D eigenvalue weighted by molar-refractivity contribution is 0.148. The minimum atomic E-state index is -0.556. The summed E-state index contributed by atoms with van der Waals surface area (Å²) in [5.74, 6) is 0.233. The number of nitrogens with zero attached hydrogens (tertiary/aromatic N) is 1. The predicted molar refractivity (Wildman–Crippen MR) is 48.2 cm³/mol. The fourth-order valence-electron chi connectivity index (χ4n) is 1.11. The van der Waals surface area contributed by atoms with E-state index in [0.29, 0.717) is 0 Å². The molecule has 1 unspecified atom stereocenters. The molecule has 0 aliphatic rings. The molecule has 3 heteroatoms. The molecule has 0 radical (unpaired) electrons. The Kier molecular flexibility index (Phi) is 2.88. The van der Waals surface area contributed by atoms with Crippen LogP contribution in [0.2, 0.25) is 0 Å². The number of ether oxygens (including phenoxy) is 1. The molecule has 68 valence electrons. The van der Waals surface area contributed by atoms with E-state index in [1.807, 2.05) is 6.07 Å². The van der Waals surface area contributed by atoms with Crippen molar-refractivity contribution in [1.29, 1.82) is 5.26 Å². The lowest BCUT2D eigenvalue weighted by atomic mass is 10.1. The van der Waals surface area contributed by atoms with Gasteiger partial charge in [-0.05, 0) is 30.2 Å². The third-order valence-electron chi connectivity index (χ3n) is 1.88. The van der Waals surface area contributed by atoms with Crippen molar-refractivity contribution < 1.29 is 9.84 Å². The highest BCUT2D eigenvalue weighted by Gasteiger charge is 2.09. The first kappa shape index (κ1) is 9.56. The highest BCUT2D eigenvalue weighted by molar-refractivity contribution is 5.37. The van der Waals surface area contributed by atoms with Crippen LogP contribution in [-0.4, -0.2) is 12.2 Å². The van der Waals surface area contributed by atoms with Crippen LogP contribution in [0, 0.1) is 18.3 Å². The van der Waals surface area contributed by atoms with Crippen molar-refractivity contribution in [2.45, 2.75) is 13.0 Å². The first-order chi connectivity index (χ1) is 6.19. The molecule has 0 amide bonds. The summed E-state index contributed by atoms with van der Waals surface area (Å²) in [6, 6.07) is 7.00. The van der Waals surface area contributed by atoms with Crippen molar-refractivity contribution in [1.82, 2.24) is 0 Å². The lowest BCUT2D eigenvalue weighted by Crippen LogP contribution is -1.97. The van der Waals surface area contributed by atoms with Crippen LogP contribution in [0.5, 0.6) is 5.75 Å². The number of phenolic OH excluding ortho intramolecular Hbond substituents is 1. The molecule has 1 atom stereocenters. The summed E-state index contributed by atoms with van der Waals surface area (Å²) in [6.07, 6.45) is -0.556.